The first-order chi connectivity index (χ1) is 8.39. The highest BCUT2D eigenvalue weighted by atomic mass is 16.5. The molecule has 1 saturated carbocycles. The van der Waals surface area contributed by atoms with Crippen molar-refractivity contribution in [2.45, 2.75) is 34.6 Å². The summed E-state index contributed by atoms with van der Waals surface area (Å²) in [6.45, 7) is 12.9. The third-order valence-electron chi connectivity index (χ3n) is 4.82. The van der Waals surface area contributed by atoms with E-state index < -0.39 is 0 Å². The lowest BCUT2D eigenvalue weighted by Crippen LogP contribution is -2.09. The maximum Gasteiger partial charge on any atom is 0.215 e. The van der Waals surface area contributed by atoms with Gasteiger partial charge in [-0.15, -0.1) is 0 Å². The van der Waals surface area contributed by atoms with Gasteiger partial charge in [-0.05, 0) is 29.7 Å². The van der Waals surface area contributed by atoms with E-state index in [-0.39, 0.29) is 0 Å². The van der Waals surface area contributed by atoms with Gasteiger partial charge in [0.05, 0.1) is 6.61 Å². The number of anilines is 1. The zero-order chi connectivity index (χ0) is 13.4. The van der Waals surface area contributed by atoms with E-state index in [2.05, 4.69) is 38.0 Å². The molecule has 0 radical (unpaired) electrons. The highest BCUT2D eigenvalue weighted by Crippen LogP contribution is 2.68. The Kier molecular flexibility index (Phi) is 3.26. The fourth-order valence-electron chi connectivity index (χ4n) is 2.79. The summed E-state index contributed by atoms with van der Waals surface area (Å²) < 4.78 is 5.40. The molecule has 1 aliphatic carbocycles. The summed E-state index contributed by atoms with van der Waals surface area (Å²) in [5.74, 6) is 2.29. The number of nitrogens with one attached hydrogen (secondary N) is 1. The van der Waals surface area contributed by atoms with Crippen molar-refractivity contribution in [1.82, 2.24) is 4.98 Å². The first-order valence-corrected chi connectivity index (χ1v) is 6.73. The van der Waals surface area contributed by atoms with Crippen molar-refractivity contribution in [2.75, 3.05) is 18.5 Å². The second-order valence-electron chi connectivity index (χ2n) is 6.17. The van der Waals surface area contributed by atoms with Gasteiger partial charge in [-0.3, -0.25) is 0 Å². The molecule has 1 N–H and O–H groups in total. The molecule has 100 valence electrons. The monoisotopic (exact) mass is 248 g/mol. The normalized spacial score (nSPS) is 20.5. The van der Waals surface area contributed by atoms with Gasteiger partial charge in [0, 0.05) is 12.6 Å². The molecule has 1 aromatic rings. The van der Waals surface area contributed by atoms with Gasteiger partial charge in [0.1, 0.15) is 5.82 Å². The van der Waals surface area contributed by atoms with Crippen molar-refractivity contribution in [1.29, 1.82) is 0 Å². The molecule has 1 heterocycles. The summed E-state index contributed by atoms with van der Waals surface area (Å²) in [6, 6.07) is 5.86. The lowest BCUT2D eigenvalue weighted by Gasteiger charge is -2.08. The molecule has 18 heavy (non-hydrogen) atoms. The zero-order valence-electron chi connectivity index (χ0n) is 12.1. The molecule has 2 rings (SSSR count). The molecule has 3 heteroatoms. The quantitative estimate of drug-likeness (QED) is 0.865. The summed E-state index contributed by atoms with van der Waals surface area (Å²) in [7, 11) is 0. The van der Waals surface area contributed by atoms with E-state index in [1.165, 1.54) is 0 Å². The molecule has 0 amide bonds. The third kappa shape index (κ3) is 2.18. The molecule has 0 spiro atoms. The first-order valence-electron chi connectivity index (χ1n) is 6.73. The minimum atomic E-state index is 0.414. The highest BCUT2D eigenvalue weighted by molar-refractivity contribution is 5.38. The van der Waals surface area contributed by atoms with Crippen LogP contribution in [0.5, 0.6) is 5.88 Å². The van der Waals surface area contributed by atoms with Crippen molar-refractivity contribution < 1.29 is 4.74 Å². The zero-order valence-corrected chi connectivity index (χ0v) is 12.1. The van der Waals surface area contributed by atoms with Crippen LogP contribution in [0, 0.1) is 16.7 Å². The van der Waals surface area contributed by atoms with Crippen molar-refractivity contribution in [2.24, 2.45) is 16.7 Å². The summed E-state index contributed by atoms with van der Waals surface area (Å²) in [5.41, 5.74) is 0.828. The Morgan fingerprint density at radius 1 is 1.22 bits per heavy atom. The Morgan fingerprint density at radius 3 is 2.44 bits per heavy atom. The fourth-order valence-corrected chi connectivity index (χ4v) is 2.79. The molecule has 1 aliphatic rings. The lowest BCUT2D eigenvalue weighted by molar-refractivity contribution is 0.327. The van der Waals surface area contributed by atoms with Crippen LogP contribution >= 0.6 is 0 Å². The number of ether oxygens (including phenoxy) is 1. The van der Waals surface area contributed by atoms with E-state index in [4.69, 9.17) is 4.74 Å². The van der Waals surface area contributed by atoms with Crippen LogP contribution in [0.25, 0.3) is 0 Å². The molecule has 3 nitrogen and oxygen atoms in total. The molecule has 0 aromatic carbocycles. The predicted molar refractivity (Wildman–Crippen MR) is 74.9 cm³/mol. The van der Waals surface area contributed by atoms with Crippen molar-refractivity contribution in [3.63, 3.8) is 0 Å². The average Bonchev–Trinajstić information content (AvgIpc) is 2.68. The number of aromatic nitrogens is 1. The SMILES string of the molecule is CCOc1cccc(NCC2C(C)(C)C2(C)C)n1. The largest absolute Gasteiger partial charge is 0.478 e. The molecular weight excluding hydrogens is 224 g/mol. The van der Waals surface area contributed by atoms with Crippen LogP contribution in [0.1, 0.15) is 34.6 Å². The average molecular weight is 248 g/mol. The van der Waals surface area contributed by atoms with Crippen LogP contribution in [0.2, 0.25) is 0 Å². The minimum Gasteiger partial charge on any atom is -0.478 e. The third-order valence-corrected chi connectivity index (χ3v) is 4.82. The maximum absolute atomic E-state index is 5.40. The number of pyridine rings is 1. The van der Waals surface area contributed by atoms with Gasteiger partial charge in [0.25, 0.3) is 0 Å². The van der Waals surface area contributed by atoms with E-state index in [9.17, 15) is 0 Å². The topological polar surface area (TPSA) is 34.1 Å². The Hall–Kier alpha value is -1.25. The van der Waals surface area contributed by atoms with E-state index in [0.717, 1.165) is 12.4 Å². The van der Waals surface area contributed by atoms with Gasteiger partial charge >= 0.3 is 0 Å². The summed E-state index contributed by atoms with van der Waals surface area (Å²) in [4.78, 5) is 4.42. The maximum atomic E-state index is 5.40. The van der Waals surface area contributed by atoms with Gasteiger partial charge in [-0.2, -0.15) is 4.98 Å². The van der Waals surface area contributed by atoms with Crippen molar-refractivity contribution in [3.05, 3.63) is 18.2 Å². The van der Waals surface area contributed by atoms with Gasteiger partial charge in [-0.1, -0.05) is 33.8 Å². The van der Waals surface area contributed by atoms with E-state index in [1.807, 2.05) is 25.1 Å². The molecule has 1 fully saturated rings. The molecule has 0 aliphatic heterocycles. The van der Waals surface area contributed by atoms with Crippen LogP contribution in [0.15, 0.2) is 18.2 Å². The van der Waals surface area contributed by atoms with E-state index in [0.29, 0.717) is 29.2 Å². The Labute approximate surface area is 110 Å². The summed E-state index contributed by atoms with van der Waals surface area (Å²) >= 11 is 0. The van der Waals surface area contributed by atoms with Crippen LogP contribution in [-0.2, 0) is 0 Å². The Balaban J connectivity index is 1.94. The number of nitrogens with zero attached hydrogens (tertiary/aromatic N) is 1. The van der Waals surface area contributed by atoms with Gasteiger partial charge in [0.15, 0.2) is 0 Å². The first kappa shape index (κ1) is 13.2. The molecular formula is C15H24N2O. The van der Waals surface area contributed by atoms with Crippen LogP contribution < -0.4 is 10.1 Å². The fraction of sp³-hybridized carbons (Fsp3) is 0.667. The lowest BCUT2D eigenvalue weighted by atomic mass is 10.0. The van der Waals surface area contributed by atoms with Crippen molar-refractivity contribution in [3.8, 4) is 5.88 Å². The Bertz CT molecular complexity index is 412. The van der Waals surface area contributed by atoms with Crippen LogP contribution in [-0.4, -0.2) is 18.1 Å². The highest BCUT2D eigenvalue weighted by Gasteiger charge is 2.64. The summed E-state index contributed by atoms with van der Waals surface area (Å²) in [6.07, 6.45) is 0. The van der Waals surface area contributed by atoms with Gasteiger partial charge in [0.2, 0.25) is 5.88 Å². The second kappa shape index (κ2) is 4.45. The van der Waals surface area contributed by atoms with Gasteiger partial charge < -0.3 is 10.1 Å². The Morgan fingerprint density at radius 2 is 1.89 bits per heavy atom. The van der Waals surface area contributed by atoms with Crippen LogP contribution in [0.3, 0.4) is 0 Å². The van der Waals surface area contributed by atoms with E-state index in [1.54, 1.807) is 0 Å². The molecule has 0 saturated heterocycles. The minimum absolute atomic E-state index is 0.414. The molecule has 0 unspecified atom stereocenters. The molecule has 0 bridgehead atoms. The van der Waals surface area contributed by atoms with E-state index >= 15 is 0 Å². The molecule has 1 aromatic heterocycles. The standard InChI is InChI=1S/C15H24N2O/c1-6-18-13-9-7-8-12(17-13)16-10-11-14(2,3)15(11,4)5/h7-9,11H,6,10H2,1-5H3,(H,16,17). The number of rotatable bonds is 5. The van der Waals surface area contributed by atoms with Crippen LogP contribution in [0.4, 0.5) is 5.82 Å². The summed E-state index contributed by atoms with van der Waals surface area (Å²) in [5, 5.41) is 3.43. The number of hydrogen-bond donors (Lipinski definition) is 1. The number of hydrogen-bond acceptors (Lipinski definition) is 3. The smallest absolute Gasteiger partial charge is 0.215 e. The molecule has 0 atom stereocenters. The second-order valence-corrected chi connectivity index (χ2v) is 6.17. The predicted octanol–water partition coefficient (Wildman–Crippen LogP) is 3.57. The van der Waals surface area contributed by atoms with Gasteiger partial charge in [-0.25, -0.2) is 0 Å². The van der Waals surface area contributed by atoms with Crippen molar-refractivity contribution >= 4 is 5.82 Å².